The summed E-state index contributed by atoms with van der Waals surface area (Å²) in [6.07, 6.45) is -0.878. The summed E-state index contributed by atoms with van der Waals surface area (Å²) in [6.45, 7) is 1.88. The summed E-state index contributed by atoms with van der Waals surface area (Å²) in [5.74, 6) is -0.379. The Morgan fingerprint density at radius 3 is 2.45 bits per heavy atom. The van der Waals surface area contributed by atoms with E-state index < -0.39 is 22.2 Å². The highest BCUT2D eigenvalue weighted by molar-refractivity contribution is 7.89. The maximum atomic E-state index is 12.8. The average molecular weight is 411 g/mol. The number of benzene rings is 3. The molecule has 0 radical (unpaired) electrons. The number of rotatable bonds is 5. The molecule has 29 heavy (non-hydrogen) atoms. The van der Waals surface area contributed by atoms with Gasteiger partial charge in [-0.05, 0) is 30.5 Å². The monoisotopic (exact) mass is 411 g/mol. The van der Waals surface area contributed by atoms with Crippen LogP contribution in [0.15, 0.2) is 71.6 Å². The van der Waals surface area contributed by atoms with Gasteiger partial charge in [-0.1, -0.05) is 54.1 Å². The van der Waals surface area contributed by atoms with Crippen LogP contribution in [-0.4, -0.2) is 26.5 Å². The summed E-state index contributed by atoms with van der Waals surface area (Å²) in [7, 11) is -3.81. The number of anilines is 1. The third-order valence-electron chi connectivity index (χ3n) is 4.73. The Balaban J connectivity index is 1.52. The number of hydrazine groups is 2. The minimum Gasteiger partial charge on any atom is -0.324 e. The lowest BCUT2D eigenvalue weighted by Crippen LogP contribution is -2.53. The van der Waals surface area contributed by atoms with Gasteiger partial charge >= 0.3 is 0 Å². The fourth-order valence-corrected chi connectivity index (χ4v) is 4.34. The van der Waals surface area contributed by atoms with Gasteiger partial charge in [-0.15, -0.1) is 0 Å². The Morgan fingerprint density at radius 2 is 1.66 bits per heavy atom. The van der Waals surface area contributed by atoms with Crippen LogP contribution in [-0.2, 0) is 14.8 Å². The van der Waals surface area contributed by atoms with Gasteiger partial charge in [-0.25, -0.2) is 19.3 Å². The Kier molecular flexibility index (Phi) is 5.31. The molecule has 1 heterocycles. The first-order valence-electron chi connectivity index (χ1n) is 9.08. The van der Waals surface area contributed by atoms with Gasteiger partial charge in [0, 0.05) is 11.1 Å². The topological polar surface area (TPSA) is 111 Å². The van der Waals surface area contributed by atoms with E-state index >= 15 is 0 Å². The molecule has 2 unspecified atom stereocenters. The van der Waals surface area contributed by atoms with Gasteiger partial charge in [-0.3, -0.25) is 4.79 Å². The highest BCUT2D eigenvalue weighted by Gasteiger charge is 2.36. The van der Waals surface area contributed by atoms with Gasteiger partial charge < -0.3 is 5.32 Å². The summed E-state index contributed by atoms with van der Waals surface area (Å²) < 4.78 is 27.8. The first kappa shape index (κ1) is 19.5. The zero-order valence-electron chi connectivity index (χ0n) is 15.6. The highest BCUT2D eigenvalue weighted by atomic mass is 32.2. The number of aryl methyl sites for hydroxylation is 1. The summed E-state index contributed by atoms with van der Waals surface area (Å²) >= 11 is 0. The lowest BCUT2D eigenvalue weighted by Gasteiger charge is -2.19. The molecular weight excluding hydrogens is 390 g/mol. The van der Waals surface area contributed by atoms with Crippen molar-refractivity contribution in [2.45, 2.75) is 24.0 Å². The standard InChI is InChI=1S/C20H21N5O3S/c1-13-9-11-15(12-10-13)29(27,28)24-19-18(22-25-23-19)20(26)21-17-8-4-6-14-5-2-3-7-16(14)17/h2-12,18-19,22-25H,1H3,(H,21,26). The van der Waals surface area contributed by atoms with Gasteiger partial charge in [0.05, 0.1) is 4.90 Å². The maximum absolute atomic E-state index is 12.8. The van der Waals surface area contributed by atoms with Crippen molar-refractivity contribution in [3.8, 4) is 0 Å². The van der Waals surface area contributed by atoms with Crippen LogP contribution in [0.4, 0.5) is 5.69 Å². The molecule has 8 nitrogen and oxygen atoms in total. The van der Waals surface area contributed by atoms with E-state index in [-0.39, 0.29) is 10.8 Å². The largest absolute Gasteiger partial charge is 0.324 e. The summed E-state index contributed by atoms with van der Waals surface area (Å²) in [5, 5.41) is 4.77. The molecule has 3 aromatic rings. The van der Waals surface area contributed by atoms with Crippen molar-refractivity contribution in [1.29, 1.82) is 0 Å². The molecule has 1 aliphatic heterocycles. The van der Waals surface area contributed by atoms with Crippen LogP contribution in [0, 0.1) is 6.92 Å². The molecule has 4 rings (SSSR count). The molecule has 0 spiro atoms. The molecule has 0 aromatic heterocycles. The molecule has 1 fully saturated rings. The molecule has 1 saturated heterocycles. The summed E-state index contributed by atoms with van der Waals surface area (Å²) in [6, 6.07) is 18.9. The zero-order chi connectivity index (χ0) is 20.4. The van der Waals surface area contributed by atoms with Crippen LogP contribution in [0.25, 0.3) is 10.8 Å². The molecule has 2 atom stereocenters. The van der Waals surface area contributed by atoms with Gasteiger partial charge in [0.1, 0.15) is 12.2 Å². The van der Waals surface area contributed by atoms with Gasteiger partial charge in [0.25, 0.3) is 0 Å². The lowest BCUT2D eigenvalue weighted by atomic mass is 10.1. The maximum Gasteiger partial charge on any atom is 0.246 e. The van der Waals surface area contributed by atoms with Crippen molar-refractivity contribution in [3.05, 3.63) is 72.3 Å². The van der Waals surface area contributed by atoms with Crippen molar-refractivity contribution in [1.82, 2.24) is 21.1 Å². The number of carbonyl (C=O) groups is 1. The van der Waals surface area contributed by atoms with Crippen molar-refractivity contribution in [2.75, 3.05) is 5.32 Å². The molecule has 5 N–H and O–H groups in total. The third-order valence-corrected chi connectivity index (χ3v) is 6.19. The fourth-order valence-electron chi connectivity index (χ4n) is 3.18. The van der Waals surface area contributed by atoms with Crippen LogP contribution in [0.3, 0.4) is 0 Å². The molecule has 0 saturated carbocycles. The molecule has 1 amide bonds. The van der Waals surface area contributed by atoms with E-state index in [4.69, 9.17) is 0 Å². The molecule has 150 valence electrons. The van der Waals surface area contributed by atoms with Crippen LogP contribution in [0.5, 0.6) is 0 Å². The third kappa shape index (κ3) is 4.14. The first-order chi connectivity index (χ1) is 13.9. The van der Waals surface area contributed by atoms with E-state index in [9.17, 15) is 13.2 Å². The number of amides is 1. The quantitative estimate of drug-likeness (QED) is 0.434. The van der Waals surface area contributed by atoms with Gasteiger partial charge in [-0.2, -0.15) is 10.3 Å². The Morgan fingerprint density at radius 1 is 0.931 bits per heavy atom. The SMILES string of the molecule is Cc1ccc(S(=O)(=O)NC2NNNC2C(=O)Nc2cccc3ccccc23)cc1. The molecule has 3 aromatic carbocycles. The van der Waals surface area contributed by atoms with Crippen LogP contribution < -0.4 is 26.4 Å². The second-order valence-electron chi connectivity index (χ2n) is 6.82. The van der Waals surface area contributed by atoms with E-state index in [1.54, 1.807) is 12.1 Å². The van der Waals surface area contributed by atoms with Crippen LogP contribution >= 0.6 is 0 Å². The van der Waals surface area contributed by atoms with E-state index in [1.807, 2.05) is 49.4 Å². The first-order valence-corrected chi connectivity index (χ1v) is 10.6. The van der Waals surface area contributed by atoms with Gasteiger partial charge in [0.2, 0.25) is 15.9 Å². The Labute approximate surface area is 168 Å². The predicted octanol–water partition coefficient (Wildman–Crippen LogP) is 1.37. The van der Waals surface area contributed by atoms with E-state index in [1.165, 1.54) is 12.1 Å². The van der Waals surface area contributed by atoms with Crippen LogP contribution in [0.2, 0.25) is 0 Å². The van der Waals surface area contributed by atoms with Crippen molar-refractivity contribution >= 4 is 32.4 Å². The normalized spacial score (nSPS) is 19.3. The second kappa shape index (κ2) is 7.90. The molecule has 9 heteroatoms. The minimum atomic E-state index is -3.81. The molecular formula is C20H21N5O3S. The molecule has 0 bridgehead atoms. The summed E-state index contributed by atoms with van der Waals surface area (Å²) in [4.78, 5) is 13.0. The average Bonchev–Trinajstić information content (AvgIpc) is 3.16. The number of nitrogens with one attached hydrogen (secondary N) is 5. The van der Waals surface area contributed by atoms with Crippen molar-refractivity contribution in [2.24, 2.45) is 0 Å². The van der Waals surface area contributed by atoms with E-state index in [0.29, 0.717) is 5.69 Å². The van der Waals surface area contributed by atoms with E-state index in [2.05, 4.69) is 26.4 Å². The minimum absolute atomic E-state index is 0.130. The lowest BCUT2D eigenvalue weighted by molar-refractivity contribution is -0.118. The second-order valence-corrected chi connectivity index (χ2v) is 8.53. The number of sulfonamides is 1. The Bertz CT molecular complexity index is 1140. The fraction of sp³-hybridized carbons (Fsp3) is 0.150. The zero-order valence-corrected chi connectivity index (χ0v) is 16.5. The smallest absolute Gasteiger partial charge is 0.246 e. The van der Waals surface area contributed by atoms with Crippen LogP contribution in [0.1, 0.15) is 5.56 Å². The van der Waals surface area contributed by atoms with Crippen molar-refractivity contribution in [3.63, 3.8) is 0 Å². The predicted molar refractivity (Wildman–Crippen MR) is 111 cm³/mol. The summed E-state index contributed by atoms with van der Waals surface area (Å²) in [5.41, 5.74) is 9.73. The number of carbonyl (C=O) groups excluding carboxylic acids is 1. The van der Waals surface area contributed by atoms with E-state index in [0.717, 1.165) is 16.3 Å². The highest BCUT2D eigenvalue weighted by Crippen LogP contribution is 2.23. The number of fused-ring (bicyclic) bond motifs is 1. The van der Waals surface area contributed by atoms with Gasteiger partial charge in [0.15, 0.2) is 0 Å². The Hall–Kier alpha value is -2.82. The van der Waals surface area contributed by atoms with Crippen molar-refractivity contribution < 1.29 is 13.2 Å². The molecule has 0 aliphatic carbocycles. The number of hydrogen-bond donors (Lipinski definition) is 5. The number of hydrogen-bond acceptors (Lipinski definition) is 6. The molecule has 1 aliphatic rings.